The Morgan fingerprint density at radius 3 is 1.68 bits per heavy atom. The second-order valence-corrected chi connectivity index (χ2v) is 6.44. The number of nitrogens with zero attached hydrogens (tertiary/aromatic N) is 1. The van der Waals surface area contributed by atoms with Crippen molar-refractivity contribution in [2.75, 3.05) is 29.6 Å². The molecule has 0 heterocycles. The topological polar surface area (TPSA) is 61.4 Å². The van der Waals surface area contributed by atoms with Gasteiger partial charge in [0.05, 0.1) is 0 Å². The summed E-state index contributed by atoms with van der Waals surface area (Å²) in [5, 5.41) is 5.49. The third kappa shape index (κ3) is 4.73. The first-order chi connectivity index (χ1) is 13.4. The van der Waals surface area contributed by atoms with Crippen molar-refractivity contribution >= 4 is 28.9 Å². The molecule has 0 aliphatic carbocycles. The Hall–Kier alpha value is -3.67. The van der Waals surface area contributed by atoms with Crippen molar-refractivity contribution in [3.05, 3.63) is 89.7 Å². The minimum atomic E-state index is -0.379. The van der Waals surface area contributed by atoms with Crippen LogP contribution in [0.4, 0.5) is 21.5 Å². The van der Waals surface area contributed by atoms with Gasteiger partial charge in [-0.05, 0) is 66.7 Å². The van der Waals surface area contributed by atoms with E-state index >= 15 is 0 Å². The van der Waals surface area contributed by atoms with Gasteiger partial charge in [-0.25, -0.2) is 4.39 Å². The molecule has 0 spiro atoms. The van der Waals surface area contributed by atoms with E-state index in [2.05, 4.69) is 10.6 Å². The highest BCUT2D eigenvalue weighted by atomic mass is 19.1. The van der Waals surface area contributed by atoms with Crippen LogP contribution in [0.3, 0.4) is 0 Å². The highest BCUT2D eigenvalue weighted by Gasteiger charge is 2.11. The van der Waals surface area contributed by atoms with Crippen LogP contribution in [-0.2, 0) is 0 Å². The molecule has 3 aromatic carbocycles. The summed E-state index contributed by atoms with van der Waals surface area (Å²) in [5.41, 5.74) is 2.86. The van der Waals surface area contributed by atoms with Crippen LogP contribution in [0.15, 0.2) is 72.8 Å². The van der Waals surface area contributed by atoms with E-state index in [9.17, 15) is 14.0 Å². The van der Waals surface area contributed by atoms with Gasteiger partial charge in [0.1, 0.15) is 5.82 Å². The lowest BCUT2D eigenvalue weighted by molar-refractivity contribution is 0.102. The van der Waals surface area contributed by atoms with Gasteiger partial charge in [0.15, 0.2) is 0 Å². The molecule has 142 valence electrons. The molecular formula is C22H20FN3O2. The Balaban J connectivity index is 1.70. The summed E-state index contributed by atoms with van der Waals surface area (Å²) in [4.78, 5) is 26.9. The Kier molecular flexibility index (Phi) is 5.69. The number of rotatable bonds is 5. The molecule has 2 amide bonds. The van der Waals surface area contributed by atoms with E-state index < -0.39 is 0 Å². The average molecular weight is 377 g/mol. The van der Waals surface area contributed by atoms with E-state index in [0.717, 1.165) is 5.69 Å². The van der Waals surface area contributed by atoms with Crippen LogP contribution in [0, 0.1) is 5.82 Å². The molecule has 2 N–H and O–H groups in total. The maximum atomic E-state index is 13.0. The zero-order valence-electron chi connectivity index (χ0n) is 15.6. The maximum absolute atomic E-state index is 13.0. The van der Waals surface area contributed by atoms with Crippen LogP contribution in [0.1, 0.15) is 20.7 Å². The molecule has 0 radical (unpaired) electrons. The first-order valence-corrected chi connectivity index (χ1v) is 8.68. The fourth-order valence-electron chi connectivity index (χ4n) is 2.58. The van der Waals surface area contributed by atoms with Gasteiger partial charge in [0.25, 0.3) is 11.8 Å². The molecule has 0 saturated carbocycles. The summed E-state index contributed by atoms with van der Waals surface area (Å²) in [6.45, 7) is 0. The van der Waals surface area contributed by atoms with E-state index in [4.69, 9.17) is 0 Å². The predicted octanol–water partition coefficient (Wildman–Crippen LogP) is 4.40. The molecule has 28 heavy (non-hydrogen) atoms. The highest BCUT2D eigenvalue weighted by molar-refractivity contribution is 6.08. The summed E-state index contributed by atoms with van der Waals surface area (Å²) in [6, 6.07) is 19.3. The van der Waals surface area contributed by atoms with Crippen LogP contribution in [0.5, 0.6) is 0 Å². The third-order valence-electron chi connectivity index (χ3n) is 4.13. The van der Waals surface area contributed by atoms with Crippen molar-refractivity contribution in [2.24, 2.45) is 0 Å². The number of carbonyl (C=O) groups is 2. The molecular weight excluding hydrogens is 357 g/mol. The largest absolute Gasteiger partial charge is 0.378 e. The summed E-state index contributed by atoms with van der Waals surface area (Å²) in [7, 11) is 3.88. The zero-order valence-corrected chi connectivity index (χ0v) is 15.6. The normalized spacial score (nSPS) is 10.2. The Morgan fingerprint density at radius 2 is 1.21 bits per heavy atom. The Bertz CT molecular complexity index is 983. The molecule has 0 atom stereocenters. The molecule has 0 aliphatic heterocycles. The first kappa shape index (κ1) is 19.1. The molecule has 3 aromatic rings. The first-order valence-electron chi connectivity index (χ1n) is 8.68. The van der Waals surface area contributed by atoms with Crippen molar-refractivity contribution in [1.82, 2.24) is 0 Å². The van der Waals surface area contributed by atoms with Gasteiger partial charge < -0.3 is 15.5 Å². The van der Waals surface area contributed by atoms with Gasteiger partial charge in [-0.3, -0.25) is 9.59 Å². The summed E-state index contributed by atoms with van der Waals surface area (Å²) in [5.74, 6) is -1.07. The Labute approximate surface area is 162 Å². The lowest BCUT2D eigenvalue weighted by Crippen LogP contribution is -2.15. The van der Waals surface area contributed by atoms with E-state index in [1.807, 2.05) is 43.3 Å². The number of carbonyl (C=O) groups excluding carboxylic acids is 2. The minimum absolute atomic E-state index is 0.311. The van der Waals surface area contributed by atoms with Gasteiger partial charge in [0.2, 0.25) is 0 Å². The van der Waals surface area contributed by atoms with Crippen LogP contribution in [0.2, 0.25) is 0 Å². The molecule has 0 saturated heterocycles. The number of hydrogen-bond acceptors (Lipinski definition) is 3. The molecule has 0 aliphatic rings. The van der Waals surface area contributed by atoms with E-state index in [-0.39, 0.29) is 17.6 Å². The molecule has 5 nitrogen and oxygen atoms in total. The molecule has 6 heteroatoms. The molecule has 0 unspecified atom stereocenters. The van der Waals surface area contributed by atoms with Crippen molar-refractivity contribution in [3.8, 4) is 0 Å². The van der Waals surface area contributed by atoms with Gasteiger partial charge in [0, 0.05) is 42.3 Å². The predicted molar refractivity (Wildman–Crippen MR) is 110 cm³/mol. The highest BCUT2D eigenvalue weighted by Crippen LogP contribution is 2.17. The minimum Gasteiger partial charge on any atom is -0.378 e. The van der Waals surface area contributed by atoms with E-state index in [1.54, 1.807) is 18.2 Å². The second-order valence-electron chi connectivity index (χ2n) is 6.44. The third-order valence-corrected chi connectivity index (χ3v) is 4.13. The summed E-state index contributed by atoms with van der Waals surface area (Å²) < 4.78 is 13.0. The smallest absolute Gasteiger partial charge is 0.255 e. The number of nitrogens with one attached hydrogen (secondary N) is 2. The van der Waals surface area contributed by atoms with Gasteiger partial charge in [-0.2, -0.15) is 0 Å². The standard InChI is InChI=1S/C22H20FN3O2/c1-26(2)20-12-10-19(11-13-20)25-22(28)16-5-3-4-15(14-16)21(27)24-18-8-6-17(23)7-9-18/h3-14H,1-2H3,(H,24,27)(H,25,28). The van der Waals surface area contributed by atoms with Crippen molar-refractivity contribution in [1.29, 1.82) is 0 Å². The van der Waals surface area contributed by atoms with Crippen molar-refractivity contribution in [2.45, 2.75) is 0 Å². The number of benzene rings is 3. The molecule has 0 fully saturated rings. The average Bonchev–Trinajstić information content (AvgIpc) is 2.70. The summed E-state index contributed by atoms with van der Waals surface area (Å²) >= 11 is 0. The fraction of sp³-hybridized carbons (Fsp3) is 0.0909. The molecule has 0 bridgehead atoms. The van der Waals surface area contributed by atoms with Crippen molar-refractivity contribution < 1.29 is 14.0 Å². The van der Waals surface area contributed by atoms with Crippen LogP contribution in [0.25, 0.3) is 0 Å². The van der Waals surface area contributed by atoms with Crippen LogP contribution < -0.4 is 15.5 Å². The second kappa shape index (κ2) is 8.35. The van der Waals surface area contributed by atoms with Crippen molar-refractivity contribution in [3.63, 3.8) is 0 Å². The van der Waals surface area contributed by atoms with E-state index in [1.165, 1.54) is 30.3 Å². The lowest BCUT2D eigenvalue weighted by Gasteiger charge is -2.13. The van der Waals surface area contributed by atoms with Gasteiger partial charge in [-0.15, -0.1) is 0 Å². The quantitative estimate of drug-likeness (QED) is 0.693. The van der Waals surface area contributed by atoms with Crippen LogP contribution >= 0.6 is 0 Å². The SMILES string of the molecule is CN(C)c1ccc(NC(=O)c2cccc(C(=O)Nc3ccc(F)cc3)c2)cc1. The molecule has 3 rings (SSSR count). The number of halogens is 1. The Morgan fingerprint density at radius 1 is 0.750 bits per heavy atom. The monoisotopic (exact) mass is 377 g/mol. The lowest BCUT2D eigenvalue weighted by atomic mass is 10.1. The van der Waals surface area contributed by atoms with E-state index in [0.29, 0.717) is 22.5 Å². The van der Waals surface area contributed by atoms with Gasteiger partial charge in [-0.1, -0.05) is 6.07 Å². The van der Waals surface area contributed by atoms with Crippen LogP contribution in [-0.4, -0.2) is 25.9 Å². The zero-order chi connectivity index (χ0) is 20.1. The fourth-order valence-corrected chi connectivity index (χ4v) is 2.58. The van der Waals surface area contributed by atoms with Gasteiger partial charge >= 0.3 is 0 Å². The number of hydrogen-bond donors (Lipinski definition) is 2. The number of anilines is 3. The number of amides is 2. The maximum Gasteiger partial charge on any atom is 0.255 e. The summed E-state index contributed by atoms with van der Waals surface area (Å²) in [6.07, 6.45) is 0. The molecule has 0 aromatic heterocycles.